The lowest BCUT2D eigenvalue weighted by atomic mass is 9.73. The SMILES string of the molecule is CCCC(C1=C(c2ccc(C)c(OC)c2)c2c3c(c4c(c2NC1C)C4)CCCC3)C(C)O. The maximum absolute atomic E-state index is 10.9. The molecule has 3 nitrogen and oxygen atoms in total. The Hall–Kier alpha value is -2.26. The van der Waals surface area contributed by atoms with Gasteiger partial charge >= 0.3 is 0 Å². The smallest absolute Gasteiger partial charge is 0.122 e. The third-order valence-corrected chi connectivity index (χ3v) is 7.92. The average Bonchev–Trinajstić information content (AvgIpc) is 3.59. The quantitative estimate of drug-likeness (QED) is 0.488. The number of benzene rings is 2. The summed E-state index contributed by atoms with van der Waals surface area (Å²) >= 11 is 0. The number of aliphatic hydroxyl groups is 1. The summed E-state index contributed by atoms with van der Waals surface area (Å²) in [5.74, 6) is 1.08. The van der Waals surface area contributed by atoms with Gasteiger partial charge in [0.25, 0.3) is 0 Å². The van der Waals surface area contributed by atoms with Gasteiger partial charge in [0.15, 0.2) is 0 Å². The van der Waals surface area contributed by atoms with Crippen molar-refractivity contribution < 1.29 is 9.84 Å². The van der Waals surface area contributed by atoms with Gasteiger partial charge in [0, 0.05) is 29.6 Å². The van der Waals surface area contributed by atoms with Crippen molar-refractivity contribution in [2.45, 2.75) is 84.8 Å². The summed E-state index contributed by atoms with van der Waals surface area (Å²) in [6.45, 7) is 8.57. The molecule has 0 amide bonds. The largest absolute Gasteiger partial charge is 0.496 e. The summed E-state index contributed by atoms with van der Waals surface area (Å²) in [6, 6.07) is 6.87. The van der Waals surface area contributed by atoms with E-state index in [1.54, 1.807) is 23.8 Å². The Labute approximate surface area is 192 Å². The topological polar surface area (TPSA) is 41.5 Å². The van der Waals surface area contributed by atoms with Gasteiger partial charge in [-0.25, -0.2) is 0 Å². The minimum atomic E-state index is -0.377. The molecular weight excluding hydrogens is 394 g/mol. The fourth-order valence-corrected chi connectivity index (χ4v) is 6.33. The number of hydrogen-bond donors (Lipinski definition) is 2. The lowest BCUT2D eigenvalue weighted by Crippen LogP contribution is -2.34. The molecule has 0 bridgehead atoms. The fraction of sp³-hybridized carbons (Fsp3) is 0.517. The van der Waals surface area contributed by atoms with Crippen LogP contribution in [-0.4, -0.2) is 24.4 Å². The number of fused-ring (bicyclic) bond motifs is 6. The molecule has 0 fully saturated rings. The van der Waals surface area contributed by atoms with Crippen LogP contribution in [0.4, 0.5) is 5.69 Å². The predicted molar refractivity (Wildman–Crippen MR) is 133 cm³/mol. The lowest BCUT2D eigenvalue weighted by molar-refractivity contribution is 0.136. The summed E-state index contributed by atoms with van der Waals surface area (Å²) in [4.78, 5) is 0. The summed E-state index contributed by atoms with van der Waals surface area (Å²) in [6.07, 6.45) is 7.77. The molecule has 0 saturated carbocycles. The van der Waals surface area contributed by atoms with Crippen molar-refractivity contribution in [3.8, 4) is 5.75 Å². The number of rotatable bonds is 6. The normalized spacial score (nSPS) is 20.6. The Balaban J connectivity index is 1.83. The van der Waals surface area contributed by atoms with Crippen LogP contribution in [0.2, 0.25) is 0 Å². The molecule has 1 aliphatic heterocycles. The molecule has 2 aromatic rings. The van der Waals surface area contributed by atoms with E-state index in [1.165, 1.54) is 52.8 Å². The molecule has 170 valence electrons. The van der Waals surface area contributed by atoms with Crippen LogP contribution in [-0.2, 0) is 19.3 Å². The van der Waals surface area contributed by atoms with Gasteiger partial charge in [0.1, 0.15) is 5.75 Å². The molecule has 3 heteroatoms. The zero-order valence-electron chi connectivity index (χ0n) is 20.3. The summed E-state index contributed by atoms with van der Waals surface area (Å²) in [5.41, 5.74) is 14.2. The number of nitrogens with one attached hydrogen (secondary N) is 1. The van der Waals surface area contributed by atoms with E-state index in [9.17, 15) is 5.11 Å². The monoisotopic (exact) mass is 431 g/mol. The Bertz CT molecular complexity index is 1100. The van der Waals surface area contributed by atoms with Crippen molar-refractivity contribution in [1.82, 2.24) is 0 Å². The minimum absolute atomic E-state index is 0.140. The van der Waals surface area contributed by atoms with Crippen molar-refractivity contribution in [3.63, 3.8) is 0 Å². The first kappa shape index (κ1) is 21.6. The highest BCUT2D eigenvalue weighted by Crippen LogP contribution is 2.53. The van der Waals surface area contributed by atoms with Crippen LogP contribution in [0.1, 0.15) is 85.4 Å². The van der Waals surface area contributed by atoms with E-state index in [-0.39, 0.29) is 18.1 Å². The molecule has 32 heavy (non-hydrogen) atoms. The van der Waals surface area contributed by atoms with Crippen LogP contribution in [0.3, 0.4) is 0 Å². The molecule has 5 rings (SSSR count). The molecule has 0 spiro atoms. The summed E-state index contributed by atoms with van der Waals surface area (Å²) in [5, 5.41) is 14.8. The van der Waals surface area contributed by atoms with Crippen LogP contribution in [0, 0.1) is 12.8 Å². The van der Waals surface area contributed by atoms with Crippen molar-refractivity contribution in [2.24, 2.45) is 5.92 Å². The second-order valence-electron chi connectivity index (χ2n) is 10.1. The van der Waals surface area contributed by atoms with Gasteiger partial charge in [-0.3, -0.25) is 0 Å². The maximum atomic E-state index is 10.9. The second-order valence-corrected chi connectivity index (χ2v) is 10.1. The molecule has 0 radical (unpaired) electrons. The molecule has 2 aliphatic carbocycles. The lowest BCUT2D eigenvalue weighted by Gasteiger charge is -2.38. The first-order chi connectivity index (χ1) is 15.5. The van der Waals surface area contributed by atoms with E-state index in [0.29, 0.717) is 0 Å². The number of aliphatic hydroxyl groups excluding tert-OH is 1. The molecule has 0 aromatic heterocycles. The number of aryl methyl sites for hydroxylation is 1. The van der Waals surface area contributed by atoms with Gasteiger partial charge in [-0.15, -0.1) is 0 Å². The van der Waals surface area contributed by atoms with Crippen LogP contribution >= 0.6 is 0 Å². The second kappa shape index (κ2) is 8.26. The zero-order valence-corrected chi connectivity index (χ0v) is 20.3. The van der Waals surface area contributed by atoms with Crippen LogP contribution in [0.15, 0.2) is 23.8 Å². The van der Waals surface area contributed by atoms with Crippen molar-refractivity contribution in [3.05, 3.63) is 62.7 Å². The van der Waals surface area contributed by atoms with Gasteiger partial charge in [-0.2, -0.15) is 0 Å². The number of anilines is 1. The molecule has 1 heterocycles. The van der Waals surface area contributed by atoms with Crippen molar-refractivity contribution in [2.75, 3.05) is 12.4 Å². The molecule has 3 aliphatic rings. The predicted octanol–water partition coefficient (Wildman–Crippen LogP) is 6.20. The van der Waals surface area contributed by atoms with E-state index in [1.807, 2.05) is 6.92 Å². The Kier molecular flexibility index (Phi) is 5.57. The Morgan fingerprint density at radius 2 is 1.88 bits per heavy atom. The van der Waals surface area contributed by atoms with Gasteiger partial charge in [0.2, 0.25) is 0 Å². The van der Waals surface area contributed by atoms with E-state index >= 15 is 0 Å². The number of methoxy groups -OCH3 is 1. The number of hydrogen-bond acceptors (Lipinski definition) is 3. The molecule has 2 aromatic carbocycles. The first-order valence-electron chi connectivity index (χ1n) is 12.5. The van der Waals surface area contributed by atoms with Crippen LogP contribution < -0.4 is 10.1 Å². The molecular formula is C29H37NO2. The standard InChI is InChI=1S/C29H37NO2/c1-6-9-20(18(4)31)26-17(3)30-29-24-15-23(24)21-10-7-8-11-22(21)28(29)27(26)19-13-12-16(2)25(14-19)32-5/h12-14,17-18,20,30-31H,6-11,15H2,1-5H3. The summed E-state index contributed by atoms with van der Waals surface area (Å²) in [7, 11) is 1.76. The van der Waals surface area contributed by atoms with E-state index in [0.717, 1.165) is 37.0 Å². The Morgan fingerprint density at radius 1 is 1.12 bits per heavy atom. The third kappa shape index (κ3) is 3.37. The molecule has 3 unspecified atom stereocenters. The average molecular weight is 432 g/mol. The number of ether oxygens (including phenoxy) is 1. The van der Waals surface area contributed by atoms with E-state index in [4.69, 9.17) is 4.74 Å². The van der Waals surface area contributed by atoms with Gasteiger partial charge < -0.3 is 15.2 Å². The summed E-state index contributed by atoms with van der Waals surface area (Å²) < 4.78 is 5.74. The van der Waals surface area contributed by atoms with Gasteiger partial charge in [0.05, 0.1) is 13.2 Å². The zero-order chi connectivity index (χ0) is 22.6. The van der Waals surface area contributed by atoms with Gasteiger partial charge in [-0.1, -0.05) is 25.5 Å². The first-order valence-corrected chi connectivity index (χ1v) is 12.5. The van der Waals surface area contributed by atoms with Crippen molar-refractivity contribution >= 4 is 11.3 Å². The molecule has 0 saturated heterocycles. The fourth-order valence-electron chi connectivity index (χ4n) is 6.33. The maximum Gasteiger partial charge on any atom is 0.122 e. The highest BCUT2D eigenvalue weighted by atomic mass is 16.5. The Morgan fingerprint density at radius 3 is 2.56 bits per heavy atom. The van der Waals surface area contributed by atoms with Crippen LogP contribution in [0.25, 0.3) is 5.57 Å². The van der Waals surface area contributed by atoms with Gasteiger partial charge in [-0.05, 0) is 103 Å². The highest BCUT2D eigenvalue weighted by Gasteiger charge is 2.40. The molecule has 3 atom stereocenters. The van der Waals surface area contributed by atoms with Crippen molar-refractivity contribution in [1.29, 1.82) is 0 Å². The van der Waals surface area contributed by atoms with Crippen LogP contribution in [0.5, 0.6) is 5.75 Å². The molecule has 2 N–H and O–H groups in total. The highest BCUT2D eigenvalue weighted by molar-refractivity contribution is 5.97. The third-order valence-electron chi connectivity index (χ3n) is 7.92. The minimum Gasteiger partial charge on any atom is -0.496 e. The van der Waals surface area contributed by atoms with E-state index < -0.39 is 0 Å². The van der Waals surface area contributed by atoms with E-state index in [2.05, 4.69) is 44.3 Å².